The average Bonchev–Trinajstić information content (AvgIpc) is 2.51. The van der Waals surface area contributed by atoms with Crippen LogP contribution in [-0.4, -0.2) is 48.1 Å². The van der Waals surface area contributed by atoms with Gasteiger partial charge in [-0.15, -0.1) is 0 Å². The Morgan fingerprint density at radius 2 is 1.87 bits per heavy atom. The van der Waals surface area contributed by atoms with E-state index in [9.17, 15) is 4.39 Å². The lowest BCUT2D eigenvalue weighted by Gasteiger charge is -2.32. The summed E-state index contributed by atoms with van der Waals surface area (Å²) in [5, 5.41) is 3.25. The number of benzene rings is 1. The highest BCUT2D eigenvalue weighted by atomic mass is 35.5. The molecule has 0 bridgehead atoms. The van der Waals surface area contributed by atoms with E-state index in [1.54, 1.807) is 12.1 Å². The first-order chi connectivity index (χ1) is 11.0. The smallest absolute Gasteiger partial charge is 0.227 e. The number of anilines is 3. The van der Waals surface area contributed by atoms with E-state index in [1.165, 1.54) is 6.07 Å². The zero-order valence-corrected chi connectivity index (χ0v) is 13.9. The van der Waals surface area contributed by atoms with Crippen LogP contribution in [0, 0.1) is 12.7 Å². The molecule has 2 heterocycles. The molecule has 1 saturated heterocycles. The molecule has 0 aliphatic carbocycles. The fourth-order valence-electron chi connectivity index (χ4n) is 2.49. The average molecular weight is 336 g/mol. The quantitative estimate of drug-likeness (QED) is 0.934. The van der Waals surface area contributed by atoms with Crippen LogP contribution in [-0.2, 0) is 0 Å². The number of likely N-dealkylation sites (N-methyl/N-ethyl adjacent to an activating group) is 1. The number of piperazine rings is 1. The van der Waals surface area contributed by atoms with E-state index in [4.69, 9.17) is 11.6 Å². The molecule has 1 fully saturated rings. The second kappa shape index (κ2) is 6.68. The molecule has 0 saturated carbocycles. The predicted molar refractivity (Wildman–Crippen MR) is 91.2 cm³/mol. The molecule has 0 atom stereocenters. The maximum Gasteiger partial charge on any atom is 0.227 e. The summed E-state index contributed by atoms with van der Waals surface area (Å²) in [6.45, 7) is 5.73. The Bertz CT molecular complexity index is 701. The minimum absolute atomic E-state index is 0.0834. The summed E-state index contributed by atoms with van der Waals surface area (Å²) in [7, 11) is 2.11. The molecule has 1 N–H and O–H groups in total. The van der Waals surface area contributed by atoms with Crippen LogP contribution in [0.4, 0.5) is 21.8 Å². The number of nitrogens with one attached hydrogen (secondary N) is 1. The molecule has 1 aromatic heterocycles. The Hall–Kier alpha value is -1.92. The molecule has 23 heavy (non-hydrogen) atoms. The summed E-state index contributed by atoms with van der Waals surface area (Å²) in [6.07, 6.45) is 0. The highest BCUT2D eigenvalue weighted by Crippen LogP contribution is 2.23. The fraction of sp³-hybridized carbons (Fsp3) is 0.375. The number of nitrogens with zero attached hydrogens (tertiary/aromatic N) is 4. The third-order valence-electron chi connectivity index (χ3n) is 3.82. The molecule has 0 unspecified atom stereocenters. The summed E-state index contributed by atoms with van der Waals surface area (Å²) < 4.78 is 13.2. The molecule has 0 spiro atoms. The minimum Gasteiger partial charge on any atom is -0.340 e. The van der Waals surface area contributed by atoms with Gasteiger partial charge in [0.05, 0.1) is 5.02 Å². The molecule has 3 rings (SSSR count). The van der Waals surface area contributed by atoms with E-state index in [0.717, 1.165) is 31.9 Å². The van der Waals surface area contributed by atoms with Crippen molar-refractivity contribution in [2.45, 2.75) is 6.92 Å². The topological polar surface area (TPSA) is 44.3 Å². The van der Waals surface area contributed by atoms with E-state index in [0.29, 0.717) is 17.5 Å². The van der Waals surface area contributed by atoms with Gasteiger partial charge in [-0.1, -0.05) is 11.6 Å². The standard InChI is InChI=1S/C16H19ClFN5/c1-11-9-15(20-12-3-4-14(18)13(17)10-12)21-16(19-11)23-7-5-22(2)6-8-23/h3-4,9-10H,5-8H2,1-2H3,(H,19,20,21). The van der Waals surface area contributed by atoms with Crippen LogP contribution in [0.3, 0.4) is 0 Å². The second-order valence-electron chi connectivity index (χ2n) is 5.74. The van der Waals surface area contributed by atoms with Crippen molar-refractivity contribution in [2.24, 2.45) is 0 Å². The Morgan fingerprint density at radius 3 is 2.57 bits per heavy atom. The van der Waals surface area contributed by atoms with Gasteiger partial charge in [-0.05, 0) is 32.2 Å². The molecule has 0 radical (unpaired) electrons. The SMILES string of the molecule is Cc1cc(Nc2ccc(F)c(Cl)c2)nc(N2CCN(C)CC2)n1. The van der Waals surface area contributed by atoms with E-state index in [1.807, 2.05) is 13.0 Å². The van der Waals surface area contributed by atoms with Gasteiger partial charge in [-0.2, -0.15) is 4.98 Å². The summed E-state index contributed by atoms with van der Waals surface area (Å²) in [5.74, 6) is 0.956. The van der Waals surface area contributed by atoms with E-state index >= 15 is 0 Å². The normalized spacial score (nSPS) is 15.7. The number of aryl methyl sites for hydroxylation is 1. The summed E-state index contributed by atoms with van der Waals surface area (Å²) >= 11 is 5.82. The van der Waals surface area contributed by atoms with Gasteiger partial charge in [0.25, 0.3) is 0 Å². The number of hydrogen-bond donors (Lipinski definition) is 1. The molecular formula is C16H19ClFN5. The first-order valence-corrected chi connectivity index (χ1v) is 7.90. The van der Waals surface area contributed by atoms with Gasteiger partial charge in [-0.3, -0.25) is 0 Å². The molecule has 5 nitrogen and oxygen atoms in total. The summed E-state index contributed by atoms with van der Waals surface area (Å²) in [6, 6.07) is 6.37. The van der Waals surface area contributed by atoms with Crippen LogP contribution in [0.1, 0.15) is 5.69 Å². The van der Waals surface area contributed by atoms with Crippen molar-refractivity contribution < 1.29 is 4.39 Å². The third-order valence-corrected chi connectivity index (χ3v) is 4.11. The Kier molecular flexibility index (Phi) is 4.63. The molecule has 1 aromatic carbocycles. The van der Waals surface area contributed by atoms with Crippen LogP contribution in [0.5, 0.6) is 0 Å². The molecule has 122 valence electrons. The highest BCUT2D eigenvalue weighted by molar-refractivity contribution is 6.31. The number of hydrogen-bond acceptors (Lipinski definition) is 5. The van der Waals surface area contributed by atoms with E-state index in [2.05, 4.69) is 32.1 Å². The van der Waals surface area contributed by atoms with Crippen molar-refractivity contribution in [3.8, 4) is 0 Å². The monoisotopic (exact) mass is 335 g/mol. The van der Waals surface area contributed by atoms with Crippen LogP contribution in [0.15, 0.2) is 24.3 Å². The Morgan fingerprint density at radius 1 is 1.13 bits per heavy atom. The lowest BCUT2D eigenvalue weighted by atomic mass is 10.3. The number of aromatic nitrogens is 2. The van der Waals surface area contributed by atoms with Gasteiger partial charge >= 0.3 is 0 Å². The highest BCUT2D eigenvalue weighted by Gasteiger charge is 2.17. The molecule has 7 heteroatoms. The first kappa shape index (κ1) is 16.0. The molecule has 1 aliphatic heterocycles. The van der Waals surface area contributed by atoms with Gasteiger partial charge in [0, 0.05) is 43.6 Å². The second-order valence-corrected chi connectivity index (χ2v) is 6.15. The fourth-order valence-corrected chi connectivity index (χ4v) is 2.67. The Balaban J connectivity index is 1.81. The zero-order valence-electron chi connectivity index (χ0n) is 13.2. The van der Waals surface area contributed by atoms with Gasteiger partial charge in [-0.25, -0.2) is 9.37 Å². The summed E-state index contributed by atoms with van der Waals surface area (Å²) in [4.78, 5) is 13.6. The van der Waals surface area contributed by atoms with Gasteiger partial charge in [0.1, 0.15) is 11.6 Å². The van der Waals surface area contributed by atoms with Crippen LogP contribution in [0.25, 0.3) is 0 Å². The van der Waals surface area contributed by atoms with Crippen molar-refractivity contribution in [3.05, 3.63) is 40.8 Å². The third kappa shape index (κ3) is 3.89. The lowest BCUT2D eigenvalue weighted by molar-refractivity contribution is 0.311. The largest absolute Gasteiger partial charge is 0.340 e. The van der Waals surface area contributed by atoms with Crippen LogP contribution in [0.2, 0.25) is 5.02 Å². The van der Waals surface area contributed by atoms with Crippen LogP contribution < -0.4 is 10.2 Å². The molecule has 2 aromatic rings. The van der Waals surface area contributed by atoms with Crippen molar-refractivity contribution in [3.63, 3.8) is 0 Å². The maximum absolute atomic E-state index is 13.2. The number of rotatable bonds is 3. The number of halogens is 2. The molecule has 1 aliphatic rings. The lowest BCUT2D eigenvalue weighted by Crippen LogP contribution is -2.45. The maximum atomic E-state index is 13.2. The zero-order chi connectivity index (χ0) is 16.4. The Labute approximate surface area is 140 Å². The van der Waals surface area contributed by atoms with Crippen molar-refractivity contribution in [1.82, 2.24) is 14.9 Å². The van der Waals surface area contributed by atoms with Crippen molar-refractivity contribution in [2.75, 3.05) is 43.4 Å². The van der Waals surface area contributed by atoms with E-state index < -0.39 is 5.82 Å². The van der Waals surface area contributed by atoms with Gasteiger partial charge in [0.2, 0.25) is 5.95 Å². The minimum atomic E-state index is -0.436. The van der Waals surface area contributed by atoms with Crippen molar-refractivity contribution in [1.29, 1.82) is 0 Å². The molecule has 0 amide bonds. The molecular weight excluding hydrogens is 317 g/mol. The first-order valence-electron chi connectivity index (χ1n) is 7.52. The van der Waals surface area contributed by atoms with E-state index in [-0.39, 0.29) is 5.02 Å². The van der Waals surface area contributed by atoms with Crippen molar-refractivity contribution >= 4 is 29.1 Å². The van der Waals surface area contributed by atoms with Crippen LogP contribution >= 0.6 is 11.6 Å². The predicted octanol–water partition coefficient (Wildman–Crippen LogP) is 3.07. The summed E-state index contributed by atoms with van der Waals surface area (Å²) in [5.41, 5.74) is 1.57. The van der Waals surface area contributed by atoms with Gasteiger partial charge < -0.3 is 15.1 Å². The van der Waals surface area contributed by atoms with Gasteiger partial charge in [0.15, 0.2) is 0 Å².